The van der Waals surface area contributed by atoms with Gasteiger partial charge in [-0.05, 0) is 85.5 Å². The summed E-state index contributed by atoms with van der Waals surface area (Å²) in [6, 6.07) is 15.9. The Balaban J connectivity index is 1.68. The summed E-state index contributed by atoms with van der Waals surface area (Å²) in [6.07, 6.45) is 3.12. The molecule has 3 aromatic carbocycles. The van der Waals surface area contributed by atoms with E-state index in [0.717, 1.165) is 28.9 Å². The molecule has 0 saturated heterocycles. The molecule has 4 aromatic rings. The Kier molecular flexibility index (Phi) is 6.90. The Morgan fingerprint density at radius 1 is 0.973 bits per heavy atom. The number of nitrogens with zero attached hydrogens (tertiary/aromatic N) is 3. The van der Waals surface area contributed by atoms with Crippen LogP contribution in [0.4, 0.5) is 14.5 Å². The molecule has 9 heteroatoms. The maximum absolute atomic E-state index is 14.2. The third-order valence-electron chi connectivity index (χ3n) is 6.94. The molecule has 4 nitrogen and oxygen atoms in total. The SMILES string of the molecule is CC1CCc2cc(F)ccc2N1S(=O)c1ncc(C(C)(C)c2ccc(Cl)c(Cl)c2)n1-c1ccc(F)cc1. The molecule has 0 amide bonds. The van der Waals surface area contributed by atoms with Crippen LogP contribution < -0.4 is 4.31 Å². The minimum absolute atomic E-state index is 0.0660. The summed E-state index contributed by atoms with van der Waals surface area (Å²) in [7, 11) is -1.74. The second-order valence-electron chi connectivity index (χ2n) is 9.73. The summed E-state index contributed by atoms with van der Waals surface area (Å²) >= 11 is 12.5. The molecule has 192 valence electrons. The van der Waals surface area contributed by atoms with E-state index in [2.05, 4.69) is 4.98 Å². The minimum Gasteiger partial charge on any atom is -0.287 e. The van der Waals surface area contributed by atoms with Crippen molar-refractivity contribution >= 4 is 39.9 Å². The van der Waals surface area contributed by atoms with Gasteiger partial charge < -0.3 is 0 Å². The normalized spacial score (nSPS) is 16.5. The molecule has 2 unspecified atom stereocenters. The van der Waals surface area contributed by atoms with Crippen molar-refractivity contribution < 1.29 is 13.0 Å². The number of imidazole rings is 1. The van der Waals surface area contributed by atoms with Crippen LogP contribution in [0.15, 0.2) is 72.0 Å². The van der Waals surface area contributed by atoms with E-state index in [-0.39, 0.29) is 17.7 Å². The van der Waals surface area contributed by atoms with Gasteiger partial charge >= 0.3 is 0 Å². The average molecular weight is 560 g/mol. The Labute approximate surface area is 227 Å². The molecule has 1 aliphatic heterocycles. The molecular formula is C28H25Cl2F2N3OS. The molecule has 2 atom stereocenters. The van der Waals surface area contributed by atoms with Gasteiger partial charge in [0.05, 0.1) is 27.6 Å². The second kappa shape index (κ2) is 9.86. The monoisotopic (exact) mass is 559 g/mol. The van der Waals surface area contributed by atoms with Crippen LogP contribution in [0.3, 0.4) is 0 Å². The van der Waals surface area contributed by atoms with E-state index in [9.17, 15) is 13.0 Å². The number of benzene rings is 3. The van der Waals surface area contributed by atoms with Crippen molar-refractivity contribution in [1.29, 1.82) is 0 Å². The molecule has 0 saturated carbocycles. The summed E-state index contributed by atoms with van der Waals surface area (Å²) in [6.45, 7) is 6.02. The molecular weight excluding hydrogens is 535 g/mol. The third-order valence-corrected chi connectivity index (χ3v) is 9.19. The maximum Gasteiger partial charge on any atom is 0.225 e. The van der Waals surface area contributed by atoms with Gasteiger partial charge in [0.1, 0.15) is 11.6 Å². The van der Waals surface area contributed by atoms with Gasteiger partial charge in [-0.1, -0.05) is 43.1 Å². The molecule has 0 bridgehead atoms. The predicted molar refractivity (Wildman–Crippen MR) is 145 cm³/mol. The van der Waals surface area contributed by atoms with Crippen LogP contribution in [0.25, 0.3) is 5.69 Å². The number of aromatic nitrogens is 2. The summed E-state index contributed by atoms with van der Waals surface area (Å²) in [5.41, 5.74) is 3.14. The molecule has 2 heterocycles. The zero-order valence-corrected chi connectivity index (χ0v) is 22.8. The summed E-state index contributed by atoms with van der Waals surface area (Å²) < 4.78 is 45.6. The molecule has 0 aliphatic carbocycles. The van der Waals surface area contributed by atoms with Gasteiger partial charge in [-0.15, -0.1) is 0 Å². The fourth-order valence-electron chi connectivity index (χ4n) is 4.80. The van der Waals surface area contributed by atoms with Crippen LogP contribution in [-0.2, 0) is 22.8 Å². The van der Waals surface area contributed by atoms with Crippen molar-refractivity contribution in [1.82, 2.24) is 9.55 Å². The van der Waals surface area contributed by atoms with Crippen molar-refractivity contribution in [3.8, 4) is 5.69 Å². The highest BCUT2D eigenvalue weighted by Crippen LogP contribution is 2.39. The Bertz CT molecular complexity index is 1500. The second-order valence-corrected chi connectivity index (χ2v) is 11.8. The van der Waals surface area contributed by atoms with E-state index >= 15 is 0 Å². The first-order valence-electron chi connectivity index (χ1n) is 11.9. The predicted octanol–water partition coefficient (Wildman–Crippen LogP) is 7.65. The van der Waals surface area contributed by atoms with Crippen molar-refractivity contribution in [3.63, 3.8) is 0 Å². The van der Waals surface area contributed by atoms with E-state index < -0.39 is 16.4 Å². The standard InChI is InChI=1S/C28H25Cl2F2N3OS/c1-17-4-5-18-14-21(32)9-13-25(18)35(17)37(36)27-33-16-26(34(27)22-10-7-20(31)8-11-22)28(2,3)19-6-12-23(29)24(30)15-19/h6-17H,4-5H2,1-3H3. The first-order chi connectivity index (χ1) is 17.6. The van der Waals surface area contributed by atoms with Gasteiger partial charge in [0.25, 0.3) is 0 Å². The highest BCUT2D eigenvalue weighted by atomic mass is 35.5. The number of aryl methyl sites for hydroxylation is 1. The first-order valence-corrected chi connectivity index (χ1v) is 13.7. The Morgan fingerprint density at radius 2 is 1.68 bits per heavy atom. The number of fused-ring (bicyclic) bond motifs is 1. The minimum atomic E-state index is -1.74. The molecule has 5 rings (SSSR count). The van der Waals surface area contributed by atoms with Crippen molar-refractivity contribution in [2.24, 2.45) is 0 Å². The molecule has 1 aromatic heterocycles. The van der Waals surface area contributed by atoms with Crippen LogP contribution >= 0.6 is 23.2 Å². The summed E-state index contributed by atoms with van der Waals surface area (Å²) in [4.78, 5) is 4.64. The lowest BCUT2D eigenvalue weighted by Crippen LogP contribution is -2.39. The van der Waals surface area contributed by atoms with Crippen LogP contribution in [0.5, 0.6) is 0 Å². The van der Waals surface area contributed by atoms with Gasteiger partial charge in [-0.2, -0.15) is 0 Å². The van der Waals surface area contributed by atoms with Gasteiger partial charge in [0, 0.05) is 17.1 Å². The molecule has 0 fully saturated rings. The third kappa shape index (κ3) is 4.69. The van der Waals surface area contributed by atoms with Crippen molar-refractivity contribution in [2.45, 2.75) is 50.2 Å². The van der Waals surface area contributed by atoms with E-state index in [4.69, 9.17) is 23.2 Å². The van der Waals surface area contributed by atoms with Gasteiger partial charge in [0.15, 0.2) is 11.0 Å². The van der Waals surface area contributed by atoms with Gasteiger partial charge in [-0.25, -0.2) is 18.0 Å². The summed E-state index contributed by atoms with van der Waals surface area (Å²) in [5.74, 6) is -0.699. The number of halogens is 4. The largest absolute Gasteiger partial charge is 0.287 e. The number of hydrogen-bond donors (Lipinski definition) is 0. The molecule has 1 aliphatic rings. The lowest BCUT2D eigenvalue weighted by molar-refractivity contribution is 0.582. The highest BCUT2D eigenvalue weighted by molar-refractivity contribution is 7.86. The van der Waals surface area contributed by atoms with E-state index in [0.29, 0.717) is 27.3 Å². The first kappa shape index (κ1) is 25.9. The van der Waals surface area contributed by atoms with Crippen LogP contribution in [0.2, 0.25) is 10.0 Å². The Hall–Kier alpha value is -2.74. The summed E-state index contributed by atoms with van der Waals surface area (Å²) in [5, 5.41) is 1.16. The zero-order valence-electron chi connectivity index (χ0n) is 20.5. The highest BCUT2D eigenvalue weighted by Gasteiger charge is 2.35. The molecule has 0 spiro atoms. The van der Waals surface area contributed by atoms with Gasteiger partial charge in [-0.3, -0.25) is 8.87 Å². The number of hydrogen-bond acceptors (Lipinski definition) is 2. The molecule has 0 radical (unpaired) electrons. The molecule has 37 heavy (non-hydrogen) atoms. The van der Waals surface area contributed by atoms with Crippen LogP contribution in [0, 0.1) is 11.6 Å². The maximum atomic E-state index is 14.2. The smallest absolute Gasteiger partial charge is 0.225 e. The molecule has 0 N–H and O–H groups in total. The fourth-order valence-corrected chi connectivity index (χ4v) is 6.57. The lowest BCUT2D eigenvalue weighted by atomic mass is 9.81. The van der Waals surface area contributed by atoms with E-state index in [1.807, 2.05) is 31.4 Å². The fraction of sp³-hybridized carbons (Fsp3) is 0.250. The quantitative estimate of drug-likeness (QED) is 0.252. The van der Waals surface area contributed by atoms with Crippen LogP contribution in [-0.4, -0.2) is 19.8 Å². The number of rotatable bonds is 5. The number of anilines is 1. The topological polar surface area (TPSA) is 38.1 Å². The zero-order chi connectivity index (χ0) is 26.5. The lowest BCUT2D eigenvalue weighted by Gasteiger charge is -2.35. The average Bonchev–Trinajstić information content (AvgIpc) is 3.32. The van der Waals surface area contributed by atoms with E-state index in [1.54, 1.807) is 40.8 Å². The van der Waals surface area contributed by atoms with Gasteiger partial charge in [0.2, 0.25) is 5.16 Å². The van der Waals surface area contributed by atoms with Crippen molar-refractivity contribution in [2.75, 3.05) is 4.31 Å². The van der Waals surface area contributed by atoms with E-state index in [1.165, 1.54) is 24.3 Å². The van der Waals surface area contributed by atoms with Crippen molar-refractivity contribution in [3.05, 3.63) is 105 Å². The Morgan fingerprint density at radius 3 is 2.38 bits per heavy atom. The van der Waals surface area contributed by atoms with Crippen LogP contribution in [0.1, 0.15) is 44.0 Å².